The van der Waals surface area contributed by atoms with E-state index >= 15 is 0 Å². The van der Waals surface area contributed by atoms with Gasteiger partial charge in [-0.2, -0.15) is 18.3 Å². The second-order valence-corrected chi connectivity index (χ2v) is 7.09. The number of fused-ring (bicyclic) bond motifs is 3. The van der Waals surface area contributed by atoms with Crippen molar-refractivity contribution in [3.05, 3.63) is 46.7 Å². The maximum atomic E-state index is 12.6. The molecule has 0 unspecified atom stereocenters. The maximum Gasteiger partial charge on any atom is 0.391 e. The van der Waals surface area contributed by atoms with Gasteiger partial charge in [0.15, 0.2) is 11.4 Å². The molecule has 2 N–H and O–H groups in total. The molecule has 1 fully saturated rings. The largest absolute Gasteiger partial charge is 0.394 e. The third kappa shape index (κ3) is 3.33. The second-order valence-electron chi connectivity index (χ2n) is 7.09. The fourth-order valence-corrected chi connectivity index (χ4v) is 3.76. The summed E-state index contributed by atoms with van der Waals surface area (Å²) in [6.45, 7) is 6.31. The van der Waals surface area contributed by atoms with Crippen LogP contribution in [0.25, 0.3) is 10.7 Å². The first-order chi connectivity index (χ1) is 13.3. The van der Waals surface area contributed by atoms with Crippen LogP contribution < -0.4 is 5.32 Å². The molecule has 2 heterocycles. The summed E-state index contributed by atoms with van der Waals surface area (Å²) in [5.41, 5.74) is 1.97. The van der Waals surface area contributed by atoms with Crippen LogP contribution >= 0.6 is 0 Å². The number of carbonyl (C=O) groups excluding carboxylic acids is 1. The Morgan fingerprint density at radius 3 is 2.96 bits per heavy atom. The highest BCUT2D eigenvalue weighted by Gasteiger charge is 2.50. The van der Waals surface area contributed by atoms with Crippen molar-refractivity contribution < 1.29 is 23.1 Å². The molecule has 0 spiro atoms. The van der Waals surface area contributed by atoms with E-state index in [0.717, 1.165) is 12.1 Å². The van der Waals surface area contributed by atoms with E-state index in [1.165, 1.54) is 10.9 Å². The van der Waals surface area contributed by atoms with Crippen LogP contribution in [0, 0.1) is 12.5 Å². The number of halogens is 3. The topological polar surface area (TPSA) is 84.4 Å². The highest BCUT2D eigenvalue weighted by atomic mass is 19.4. The zero-order chi connectivity index (χ0) is 20.1. The molecule has 0 saturated heterocycles. The first-order valence-corrected chi connectivity index (χ1v) is 8.75. The van der Waals surface area contributed by atoms with Gasteiger partial charge in [-0.25, -0.2) is 14.5 Å². The molecule has 10 heteroatoms. The summed E-state index contributed by atoms with van der Waals surface area (Å²) >= 11 is 0. The molecule has 146 valence electrons. The predicted octanol–water partition coefficient (Wildman–Crippen LogP) is 2.52. The fourth-order valence-electron chi connectivity index (χ4n) is 3.76. The van der Waals surface area contributed by atoms with Crippen molar-refractivity contribution >= 4 is 11.6 Å². The van der Waals surface area contributed by atoms with E-state index in [9.17, 15) is 23.1 Å². The number of carbonyl (C=O) groups is 1. The Kier molecular flexibility index (Phi) is 4.34. The summed E-state index contributed by atoms with van der Waals surface area (Å²) in [4.78, 5) is 20.2. The molecule has 2 aromatic rings. The van der Waals surface area contributed by atoms with Crippen molar-refractivity contribution in [3.8, 4) is 5.82 Å². The minimum Gasteiger partial charge on any atom is -0.394 e. The van der Waals surface area contributed by atoms with Gasteiger partial charge < -0.3 is 10.4 Å². The number of nitrogens with one attached hydrogen (secondary N) is 1. The Labute approximate surface area is 158 Å². The zero-order valence-corrected chi connectivity index (χ0v) is 14.6. The van der Waals surface area contributed by atoms with Crippen LogP contribution in [0.1, 0.15) is 40.5 Å². The Hall–Kier alpha value is -2.93. The number of aliphatic hydroxyl groups excluding tert-OH is 1. The maximum absolute atomic E-state index is 12.6. The molecular weight excluding hydrogens is 375 g/mol. The number of pyridine rings is 1. The molecule has 2 aromatic heterocycles. The van der Waals surface area contributed by atoms with Gasteiger partial charge in [0.25, 0.3) is 5.91 Å². The van der Waals surface area contributed by atoms with Crippen LogP contribution in [0.4, 0.5) is 18.9 Å². The van der Waals surface area contributed by atoms with Gasteiger partial charge in [-0.15, -0.1) is 0 Å². The molecule has 28 heavy (non-hydrogen) atoms. The number of hydrogen-bond donors (Lipinski definition) is 2. The lowest BCUT2D eigenvalue weighted by atomic mass is 10.1. The molecule has 3 atom stereocenters. The van der Waals surface area contributed by atoms with Gasteiger partial charge >= 0.3 is 6.18 Å². The average molecular weight is 391 g/mol. The summed E-state index contributed by atoms with van der Waals surface area (Å²) in [5, 5.41) is 15.7. The van der Waals surface area contributed by atoms with E-state index in [0.29, 0.717) is 29.4 Å². The highest BCUT2D eigenvalue weighted by molar-refractivity contribution is 5.94. The van der Waals surface area contributed by atoms with Crippen LogP contribution in [0.15, 0.2) is 18.3 Å². The molecule has 0 aromatic carbocycles. The van der Waals surface area contributed by atoms with Crippen LogP contribution in [0.5, 0.6) is 0 Å². The monoisotopic (exact) mass is 391 g/mol. The van der Waals surface area contributed by atoms with Crippen LogP contribution in [0.2, 0.25) is 0 Å². The minimum absolute atomic E-state index is 0.0536. The number of aromatic nitrogens is 3. The molecule has 0 aliphatic heterocycles. The van der Waals surface area contributed by atoms with Gasteiger partial charge in [-0.05, 0) is 30.9 Å². The number of aliphatic hydroxyl groups is 1. The standard InChI is InChI=1S/C18H16F3N5O2/c1-22-10-2-3-23-14(6-10)26-16-12-4-9(12)5-13(16)15(25-26)17(28)24-11(8-27)7-18(19,20)21/h2-3,6,9,11-12,27H,4-5,7-8H2,(H,24,28)/t9-,11-,12-/m0/s1. The van der Waals surface area contributed by atoms with Crippen molar-refractivity contribution in [2.75, 3.05) is 6.61 Å². The van der Waals surface area contributed by atoms with E-state index in [2.05, 4.69) is 20.2 Å². The van der Waals surface area contributed by atoms with Crippen molar-refractivity contribution in [2.45, 2.75) is 37.4 Å². The summed E-state index contributed by atoms with van der Waals surface area (Å²) in [5.74, 6) is 0.288. The lowest BCUT2D eigenvalue weighted by Gasteiger charge is -2.17. The number of nitrogens with zero attached hydrogens (tertiary/aromatic N) is 4. The molecule has 0 bridgehead atoms. The summed E-state index contributed by atoms with van der Waals surface area (Å²) in [7, 11) is 0. The number of rotatable bonds is 5. The van der Waals surface area contributed by atoms with Gasteiger partial charge in [0.1, 0.15) is 5.82 Å². The Balaban J connectivity index is 1.67. The van der Waals surface area contributed by atoms with E-state index < -0.39 is 31.2 Å². The van der Waals surface area contributed by atoms with Crippen molar-refractivity contribution in [2.24, 2.45) is 5.92 Å². The average Bonchev–Trinajstić information content (AvgIpc) is 3.15. The third-order valence-electron chi connectivity index (χ3n) is 5.09. The molecule has 7 nitrogen and oxygen atoms in total. The van der Waals surface area contributed by atoms with Crippen molar-refractivity contribution in [3.63, 3.8) is 0 Å². The van der Waals surface area contributed by atoms with Crippen LogP contribution in [-0.2, 0) is 6.42 Å². The van der Waals surface area contributed by atoms with Gasteiger partial charge in [0.2, 0.25) is 0 Å². The second kappa shape index (κ2) is 6.60. The minimum atomic E-state index is -4.51. The molecule has 1 saturated carbocycles. The lowest BCUT2D eigenvalue weighted by molar-refractivity contribution is -0.141. The normalized spacial score (nSPS) is 20.8. The molecule has 2 aliphatic carbocycles. The van der Waals surface area contributed by atoms with E-state index in [1.807, 2.05) is 0 Å². The van der Waals surface area contributed by atoms with Crippen LogP contribution in [-0.4, -0.2) is 44.6 Å². The summed E-state index contributed by atoms with van der Waals surface area (Å²) in [6, 6.07) is 1.67. The number of hydrogen-bond acceptors (Lipinski definition) is 4. The third-order valence-corrected chi connectivity index (χ3v) is 5.09. The quantitative estimate of drug-likeness (QED) is 0.768. The van der Waals surface area contributed by atoms with E-state index in [-0.39, 0.29) is 11.6 Å². The van der Waals surface area contributed by atoms with Crippen LogP contribution in [0.3, 0.4) is 0 Å². The first kappa shape index (κ1) is 18.4. The molecule has 1 amide bonds. The van der Waals surface area contributed by atoms with Crippen molar-refractivity contribution in [1.29, 1.82) is 0 Å². The first-order valence-electron chi connectivity index (χ1n) is 8.75. The number of alkyl halides is 3. The van der Waals surface area contributed by atoms with Gasteiger partial charge in [0.05, 0.1) is 31.3 Å². The Bertz CT molecular complexity index is 979. The summed E-state index contributed by atoms with van der Waals surface area (Å²) < 4.78 is 39.3. The summed E-state index contributed by atoms with van der Waals surface area (Å²) in [6.07, 6.45) is -2.75. The fraction of sp³-hybridized carbons (Fsp3) is 0.444. The lowest BCUT2D eigenvalue weighted by Crippen LogP contribution is -2.41. The zero-order valence-electron chi connectivity index (χ0n) is 14.6. The Morgan fingerprint density at radius 2 is 2.29 bits per heavy atom. The van der Waals surface area contributed by atoms with E-state index in [1.54, 1.807) is 12.1 Å². The SMILES string of the molecule is [C-]#[N+]c1ccnc(-n2nc(C(=O)N[C@H](CO)CC(F)(F)F)c3c2[C@H]2C[C@H]2C3)c1. The van der Waals surface area contributed by atoms with Gasteiger partial charge in [-0.1, -0.05) is 0 Å². The van der Waals surface area contributed by atoms with Gasteiger partial charge in [0, 0.05) is 17.7 Å². The molecular formula is C18H16F3N5O2. The number of amides is 1. The smallest absolute Gasteiger partial charge is 0.391 e. The highest BCUT2D eigenvalue weighted by Crippen LogP contribution is 2.57. The predicted molar refractivity (Wildman–Crippen MR) is 91.2 cm³/mol. The van der Waals surface area contributed by atoms with Crippen molar-refractivity contribution in [1.82, 2.24) is 20.1 Å². The van der Waals surface area contributed by atoms with E-state index in [4.69, 9.17) is 6.57 Å². The molecule has 2 aliphatic rings. The molecule has 4 rings (SSSR count). The molecule has 0 radical (unpaired) electrons. The Morgan fingerprint density at radius 1 is 1.50 bits per heavy atom. The van der Waals surface area contributed by atoms with Gasteiger partial charge in [-0.3, -0.25) is 4.79 Å².